The lowest BCUT2D eigenvalue weighted by atomic mass is 9.79. The monoisotopic (exact) mass is 259 g/mol. The number of nitrogens with one attached hydrogen (secondary N) is 1. The maximum Gasteiger partial charge on any atom is 0.169 e. The summed E-state index contributed by atoms with van der Waals surface area (Å²) in [5.74, 6) is 0.755. The van der Waals surface area contributed by atoms with Crippen LogP contribution >= 0.6 is 0 Å². The SMILES string of the molecule is CCOC(CNCC1(O)CCC(C)CC1)OCC. The van der Waals surface area contributed by atoms with Gasteiger partial charge in [-0.3, -0.25) is 0 Å². The molecule has 1 fully saturated rings. The summed E-state index contributed by atoms with van der Waals surface area (Å²) in [6, 6.07) is 0. The molecule has 0 bridgehead atoms. The molecule has 18 heavy (non-hydrogen) atoms. The van der Waals surface area contributed by atoms with Gasteiger partial charge in [0.2, 0.25) is 0 Å². The normalized spacial score (nSPS) is 28.8. The smallest absolute Gasteiger partial charge is 0.169 e. The van der Waals surface area contributed by atoms with Crippen LogP contribution in [0, 0.1) is 5.92 Å². The van der Waals surface area contributed by atoms with Crippen molar-refractivity contribution in [2.75, 3.05) is 26.3 Å². The molecule has 0 aromatic heterocycles. The molecule has 2 N–H and O–H groups in total. The van der Waals surface area contributed by atoms with Gasteiger partial charge in [0.15, 0.2) is 6.29 Å². The van der Waals surface area contributed by atoms with E-state index in [1.54, 1.807) is 0 Å². The summed E-state index contributed by atoms with van der Waals surface area (Å²) in [6.45, 7) is 8.75. The summed E-state index contributed by atoms with van der Waals surface area (Å²) in [5, 5.41) is 13.7. The topological polar surface area (TPSA) is 50.7 Å². The minimum Gasteiger partial charge on any atom is -0.389 e. The minimum absolute atomic E-state index is 0.203. The molecular formula is C14H29NO3. The predicted molar refractivity (Wildman–Crippen MR) is 72.5 cm³/mol. The Hall–Kier alpha value is -0.160. The first-order valence-electron chi connectivity index (χ1n) is 7.26. The Bertz CT molecular complexity index is 209. The third kappa shape index (κ3) is 5.65. The Labute approximate surface area is 111 Å². The predicted octanol–water partition coefficient (Wildman–Crippen LogP) is 1.92. The van der Waals surface area contributed by atoms with Gasteiger partial charge < -0.3 is 19.9 Å². The van der Waals surface area contributed by atoms with Crippen LogP contribution in [0.25, 0.3) is 0 Å². The lowest BCUT2D eigenvalue weighted by molar-refractivity contribution is -0.134. The van der Waals surface area contributed by atoms with Crippen LogP contribution in [-0.2, 0) is 9.47 Å². The number of hydrogen-bond acceptors (Lipinski definition) is 4. The summed E-state index contributed by atoms with van der Waals surface area (Å²) >= 11 is 0. The molecule has 1 rings (SSSR count). The van der Waals surface area contributed by atoms with Crippen molar-refractivity contribution in [1.29, 1.82) is 0 Å². The van der Waals surface area contributed by atoms with Crippen LogP contribution in [0.5, 0.6) is 0 Å². The van der Waals surface area contributed by atoms with Gasteiger partial charge in [-0.25, -0.2) is 0 Å². The van der Waals surface area contributed by atoms with E-state index in [2.05, 4.69) is 12.2 Å². The van der Waals surface area contributed by atoms with Crippen LogP contribution in [0.2, 0.25) is 0 Å². The summed E-state index contributed by atoms with van der Waals surface area (Å²) in [7, 11) is 0. The largest absolute Gasteiger partial charge is 0.389 e. The Balaban J connectivity index is 2.22. The van der Waals surface area contributed by atoms with Crippen molar-refractivity contribution in [2.24, 2.45) is 5.92 Å². The van der Waals surface area contributed by atoms with Gasteiger partial charge in [0.1, 0.15) is 0 Å². The molecule has 0 unspecified atom stereocenters. The van der Waals surface area contributed by atoms with Crippen molar-refractivity contribution in [2.45, 2.75) is 58.3 Å². The molecule has 0 amide bonds. The summed E-state index contributed by atoms with van der Waals surface area (Å²) in [4.78, 5) is 0. The molecule has 0 atom stereocenters. The Morgan fingerprint density at radius 2 is 1.78 bits per heavy atom. The standard InChI is InChI=1S/C14H29NO3/c1-4-17-13(18-5-2)10-15-11-14(16)8-6-12(3)7-9-14/h12-13,15-16H,4-11H2,1-3H3. The molecule has 1 aliphatic rings. The fourth-order valence-corrected chi connectivity index (χ4v) is 2.44. The van der Waals surface area contributed by atoms with Crippen LogP contribution in [0.4, 0.5) is 0 Å². The second kappa shape index (κ2) is 8.10. The second-order valence-electron chi connectivity index (χ2n) is 5.38. The van der Waals surface area contributed by atoms with E-state index in [0.717, 1.165) is 31.6 Å². The fraction of sp³-hybridized carbons (Fsp3) is 1.00. The van der Waals surface area contributed by atoms with E-state index < -0.39 is 5.60 Å². The van der Waals surface area contributed by atoms with Gasteiger partial charge in [-0.05, 0) is 45.4 Å². The average Bonchev–Trinajstić information content (AvgIpc) is 2.34. The lowest BCUT2D eigenvalue weighted by Gasteiger charge is -2.35. The quantitative estimate of drug-likeness (QED) is 0.654. The van der Waals surface area contributed by atoms with Gasteiger partial charge in [-0.2, -0.15) is 0 Å². The van der Waals surface area contributed by atoms with Crippen LogP contribution in [0.1, 0.15) is 46.5 Å². The minimum atomic E-state index is -0.532. The Kier molecular flexibility index (Phi) is 7.15. The van der Waals surface area contributed by atoms with E-state index in [4.69, 9.17) is 9.47 Å². The molecule has 0 heterocycles. The third-order valence-electron chi connectivity index (χ3n) is 3.68. The van der Waals surface area contributed by atoms with Gasteiger partial charge in [-0.15, -0.1) is 0 Å². The van der Waals surface area contributed by atoms with Gasteiger partial charge in [0, 0.05) is 26.3 Å². The lowest BCUT2D eigenvalue weighted by Crippen LogP contribution is -2.45. The van der Waals surface area contributed by atoms with Crippen molar-refractivity contribution in [3.63, 3.8) is 0 Å². The molecule has 4 nitrogen and oxygen atoms in total. The van der Waals surface area contributed by atoms with Gasteiger partial charge in [-0.1, -0.05) is 6.92 Å². The molecule has 0 radical (unpaired) electrons. The summed E-state index contributed by atoms with van der Waals surface area (Å²) in [5.41, 5.74) is -0.532. The summed E-state index contributed by atoms with van der Waals surface area (Å²) in [6.07, 6.45) is 3.84. The van der Waals surface area contributed by atoms with E-state index in [0.29, 0.717) is 26.3 Å². The van der Waals surface area contributed by atoms with Gasteiger partial charge >= 0.3 is 0 Å². The van der Waals surface area contributed by atoms with Crippen LogP contribution in [-0.4, -0.2) is 43.3 Å². The molecule has 108 valence electrons. The van der Waals surface area contributed by atoms with Crippen molar-refractivity contribution in [3.8, 4) is 0 Å². The van der Waals surface area contributed by atoms with Crippen molar-refractivity contribution in [3.05, 3.63) is 0 Å². The zero-order chi connectivity index (χ0) is 13.4. The van der Waals surface area contributed by atoms with E-state index in [9.17, 15) is 5.11 Å². The van der Waals surface area contributed by atoms with Crippen molar-refractivity contribution < 1.29 is 14.6 Å². The fourth-order valence-electron chi connectivity index (χ4n) is 2.44. The van der Waals surface area contributed by atoms with E-state index in [1.165, 1.54) is 0 Å². The molecule has 4 heteroatoms. The molecule has 1 aliphatic carbocycles. The first-order chi connectivity index (χ1) is 8.59. The van der Waals surface area contributed by atoms with E-state index in [-0.39, 0.29) is 6.29 Å². The highest BCUT2D eigenvalue weighted by Gasteiger charge is 2.31. The number of rotatable bonds is 8. The molecule has 0 spiro atoms. The van der Waals surface area contributed by atoms with Crippen molar-refractivity contribution in [1.82, 2.24) is 5.32 Å². The highest BCUT2D eigenvalue weighted by molar-refractivity contribution is 4.86. The molecular weight excluding hydrogens is 230 g/mol. The third-order valence-corrected chi connectivity index (χ3v) is 3.68. The Morgan fingerprint density at radius 1 is 1.22 bits per heavy atom. The van der Waals surface area contributed by atoms with Crippen LogP contribution < -0.4 is 5.32 Å². The van der Waals surface area contributed by atoms with Crippen molar-refractivity contribution >= 4 is 0 Å². The molecule has 0 aliphatic heterocycles. The van der Waals surface area contributed by atoms with Gasteiger partial charge in [0.05, 0.1) is 5.60 Å². The highest BCUT2D eigenvalue weighted by Crippen LogP contribution is 2.31. The highest BCUT2D eigenvalue weighted by atomic mass is 16.7. The molecule has 0 saturated heterocycles. The van der Waals surface area contributed by atoms with Gasteiger partial charge in [0.25, 0.3) is 0 Å². The Morgan fingerprint density at radius 3 is 2.28 bits per heavy atom. The number of hydrogen-bond donors (Lipinski definition) is 2. The van der Waals surface area contributed by atoms with E-state index >= 15 is 0 Å². The maximum absolute atomic E-state index is 10.4. The second-order valence-corrected chi connectivity index (χ2v) is 5.38. The summed E-state index contributed by atoms with van der Waals surface area (Å²) < 4.78 is 10.9. The zero-order valence-electron chi connectivity index (χ0n) is 12.1. The molecule has 0 aromatic carbocycles. The van der Waals surface area contributed by atoms with E-state index in [1.807, 2.05) is 13.8 Å². The number of ether oxygens (including phenoxy) is 2. The number of aliphatic hydroxyl groups is 1. The van der Waals surface area contributed by atoms with Crippen LogP contribution in [0.3, 0.4) is 0 Å². The first-order valence-corrected chi connectivity index (χ1v) is 7.26. The zero-order valence-corrected chi connectivity index (χ0v) is 12.1. The molecule has 1 saturated carbocycles. The average molecular weight is 259 g/mol. The first kappa shape index (κ1) is 15.9. The maximum atomic E-state index is 10.4. The van der Waals surface area contributed by atoms with Crippen LogP contribution in [0.15, 0.2) is 0 Å². The molecule has 0 aromatic rings.